The maximum Gasteiger partial charge on any atom is 0.0704 e. The first-order chi connectivity index (χ1) is 12.4. The topological polar surface area (TPSA) is 27.7 Å². The number of ether oxygens (including phenoxy) is 3. The average molecular weight is 367 g/mol. The summed E-state index contributed by atoms with van der Waals surface area (Å²) in [6.45, 7) is 4.71. The summed E-state index contributed by atoms with van der Waals surface area (Å²) in [5.41, 5.74) is 0.368. The number of methoxy groups -OCH3 is 3. The Bertz CT molecular complexity index is 458. The van der Waals surface area contributed by atoms with Crippen molar-refractivity contribution in [1.29, 1.82) is 0 Å². The van der Waals surface area contributed by atoms with Crippen LogP contribution in [0.15, 0.2) is 0 Å². The minimum atomic E-state index is 0.0967. The lowest BCUT2D eigenvalue weighted by Gasteiger charge is -2.36. The van der Waals surface area contributed by atoms with Crippen LogP contribution in [0, 0.1) is 17.8 Å². The van der Waals surface area contributed by atoms with E-state index in [4.69, 9.17) is 14.2 Å². The molecule has 0 aromatic rings. The first kappa shape index (κ1) is 20.6. The predicted octanol–water partition coefficient (Wildman–Crippen LogP) is 5.75. The van der Waals surface area contributed by atoms with Gasteiger partial charge in [-0.1, -0.05) is 19.8 Å². The van der Waals surface area contributed by atoms with E-state index in [2.05, 4.69) is 13.8 Å². The van der Waals surface area contributed by atoms with E-state index >= 15 is 0 Å². The second-order valence-electron chi connectivity index (χ2n) is 10.1. The summed E-state index contributed by atoms with van der Waals surface area (Å²) in [5, 5.41) is 0. The maximum absolute atomic E-state index is 6.18. The smallest absolute Gasteiger partial charge is 0.0704 e. The Labute approximate surface area is 161 Å². The maximum atomic E-state index is 6.18. The van der Waals surface area contributed by atoms with Crippen molar-refractivity contribution >= 4 is 0 Å². The summed E-state index contributed by atoms with van der Waals surface area (Å²) in [4.78, 5) is 0. The van der Waals surface area contributed by atoms with E-state index in [0.29, 0.717) is 5.92 Å². The normalized spacial score (nSPS) is 41.0. The Morgan fingerprint density at radius 3 is 2.12 bits per heavy atom. The lowest BCUT2D eigenvalue weighted by atomic mass is 9.79. The van der Waals surface area contributed by atoms with Gasteiger partial charge in [0, 0.05) is 21.3 Å². The third-order valence-electron chi connectivity index (χ3n) is 8.50. The Morgan fingerprint density at radius 2 is 1.54 bits per heavy atom. The van der Waals surface area contributed by atoms with E-state index in [1.807, 2.05) is 21.3 Å². The van der Waals surface area contributed by atoms with Crippen LogP contribution in [0.1, 0.15) is 90.9 Å². The highest BCUT2D eigenvalue weighted by Crippen LogP contribution is 2.50. The van der Waals surface area contributed by atoms with Gasteiger partial charge in [0.1, 0.15) is 0 Å². The third kappa shape index (κ3) is 4.15. The molecule has 0 radical (unpaired) electrons. The zero-order chi connectivity index (χ0) is 18.8. The molecular weight excluding hydrogens is 324 g/mol. The Kier molecular flexibility index (Phi) is 6.41. The van der Waals surface area contributed by atoms with Crippen LogP contribution in [-0.2, 0) is 14.2 Å². The minimum Gasteiger partial charge on any atom is -0.379 e. The molecule has 0 N–H and O–H groups in total. The monoisotopic (exact) mass is 366 g/mol. The Balaban J connectivity index is 1.55. The van der Waals surface area contributed by atoms with Crippen LogP contribution in [0.25, 0.3) is 0 Å². The fraction of sp³-hybridized carbons (Fsp3) is 1.00. The van der Waals surface area contributed by atoms with Crippen molar-refractivity contribution in [3.8, 4) is 0 Å². The van der Waals surface area contributed by atoms with Gasteiger partial charge in [-0.2, -0.15) is 0 Å². The summed E-state index contributed by atoms with van der Waals surface area (Å²) in [7, 11) is 5.75. The molecule has 152 valence electrons. The first-order valence-corrected chi connectivity index (χ1v) is 11.0. The Morgan fingerprint density at radius 1 is 0.846 bits per heavy atom. The van der Waals surface area contributed by atoms with Crippen molar-refractivity contribution in [3.05, 3.63) is 0 Å². The van der Waals surface area contributed by atoms with Crippen molar-refractivity contribution in [2.75, 3.05) is 21.3 Å². The summed E-state index contributed by atoms with van der Waals surface area (Å²) in [6, 6.07) is 0. The zero-order valence-electron chi connectivity index (χ0n) is 17.9. The molecule has 3 nitrogen and oxygen atoms in total. The molecule has 0 aliphatic heterocycles. The second kappa shape index (κ2) is 8.09. The van der Waals surface area contributed by atoms with E-state index < -0.39 is 0 Å². The number of hydrogen-bond acceptors (Lipinski definition) is 3. The van der Waals surface area contributed by atoms with Crippen molar-refractivity contribution in [1.82, 2.24) is 0 Å². The molecular formula is C23H42O3. The molecule has 3 heteroatoms. The van der Waals surface area contributed by atoms with Gasteiger partial charge in [0.2, 0.25) is 0 Å². The van der Waals surface area contributed by atoms with Gasteiger partial charge < -0.3 is 14.2 Å². The standard InChI is InChI=1S/C23H42O3/c1-18(23(26-5)10-6-7-11-23)14-19-9-13-22(16-19,25-4)17-20-8-12-21(2,15-20)24-3/h18-20H,6-17H2,1-5H3. The van der Waals surface area contributed by atoms with Crippen LogP contribution in [0.2, 0.25) is 0 Å². The Hall–Kier alpha value is -0.120. The van der Waals surface area contributed by atoms with E-state index in [1.165, 1.54) is 77.0 Å². The van der Waals surface area contributed by atoms with Crippen molar-refractivity contribution in [3.63, 3.8) is 0 Å². The van der Waals surface area contributed by atoms with E-state index in [1.54, 1.807) is 0 Å². The molecule has 3 saturated carbocycles. The van der Waals surface area contributed by atoms with E-state index in [-0.39, 0.29) is 16.8 Å². The van der Waals surface area contributed by atoms with Crippen LogP contribution in [0.5, 0.6) is 0 Å². The van der Waals surface area contributed by atoms with Gasteiger partial charge in [-0.3, -0.25) is 0 Å². The highest BCUT2D eigenvalue weighted by atomic mass is 16.5. The molecule has 26 heavy (non-hydrogen) atoms. The molecule has 0 bridgehead atoms. The largest absolute Gasteiger partial charge is 0.379 e. The van der Waals surface area contributed by atoms with Crippen LogP contribution >= 0.6 is 0 Å². The van der Waals surface area contributed by atoms with Crippen LogP contribution in [-0.4, -0.2) is 38.1 Å². The second-order valence-corrected chi connectivity index (χ2v) is 10.1. The molecule has 3 aliphatic carbocycles. The summed E-state index contributed by atoms with van der Waals surface area (Å²) < 4.78 is 18.0. The van der Waals surface area contributed by atoms with Crippen molar-refractivity contribution in [2.45, 2.75) is 108 Å². The van der Waals surface area contributed by atoms with Gasteiger partial charge >= 0.3 is 0 Å². The van der Waals surface area contributed by atoms with Crippen molar-refractivity contribution < 1.29 is 14.2 Å². The molecule has 0 aromatic carbocycles. The fourth-order valence-corrected chi connectivity index (χ4v) is 6.65. The van der Waals surface area contributed by atoms with Gasteiger partial charge in [-0.05, 0) is 88.9 Å². The van der Waals surface area contributed by atoms with Gasteiger partial charge in [-0.15, -0.1) is 0 Å². The lowest BCUT2D eigenvalue weighted by molar-refractivity contribution is -0.0581. The molecule has 0 heterocycles. The summed E-state index contributed by atoms with van der Waals surface area (Å²) in [5.74, 6) is 2.22. The van der Waals surface area contributed by atoms with Gasteiger partial charge in [0.05, 0.1) is 16.8 Å². The summed E-state index contributed by atoms with van der Waals surface area (Å²) >= 11 is 0. The molecule has 0 amide bonds. The molecule has 5 unspecified atom stereocenters. The van der Waals surface area contributed by atoms with Crippen LogP contribution < -0.4 is 0 Å². The van der Waals surface area contributed by atoms with Gasteiger partial charge in [0.25, 0.3) is 0 Å². The average Bonchev–Trinajstić information content (AvgIpc) is 3.36. The molecule has 3 aliphatic rings. The molecule has 3 rings (SSSR count). The predicted molar refractivity (Wildman–Crippen MR) is 106 cm³/mol. The van der Waals surface area contributed by atoms with Crippen LogP contribution in [0.4, 0.5) is 0 Å². The number of rotatable bonds is 8. The van der Waals surface area contributed by atoms with E-state index in [9.17, 15) is 0 Å². The van der Waals surface area contributed by atoms with Gasteiger partial charge in [-0.25, -0.2) is 0 Å². The number of hydrogen-bond donors (Lipinski definition) is 0. The quantitative estimate of drug-likeness (QED) is 0.547. The molecule has 0 saturated heterocycles. The third-order valence-corrected chi connectivity index (χ3v) is 8.50. The minimum absolute atomic E-state index is 0.0967. The molecule has 3 fully saturated rings. The first-order valence-electron chi connectivity index (χ1n) is 11.0. The molecule has 0 spiro atoms. The van der Waals surface area contributed by atoms with Gasteiger partial charge in [0.15, 0.2) is 0 Å². The van der Waals surface area contributed by atoms with Crippen molar-refractivity contribution in [2.24, 2.45) is 17.8 Å². The highest BCUT2D eigenvalue weighted by Gasteiger charge is 2.46. The fourth-order valence-electron chi connectivity index (χ4n) is 6.65. The summed E-state index contributed by atoms with van der Waals surface area (Å²) in [6.07, 6.45) is 15.2. The zero-order valence-corrected chi connectivity index (χ0v) is 17.9. The van der Waals surface area contributed by atoms with E-state index in [0.717, 1.165) is 11.8 Å². The lowest BCUT2D eigenvalue weighted by Crippen LogP contribution is -2.37. The SMILES string of the molecule is COC1(C)CCC(CC2(OC)CCC(CC(C)C3(OC)CCCC3)C2)C1. The molecule has 5 atom stereocenters. The molecule has 0 aromatic heterocycles. The highest BCUT2D eigenvalue weighted by molar-refractivity contribution is 4.98. The van der Waals surface area contributed by atoms with Crippen LogP contribution in [0.3, 0.4) is 0 Å².